The molecule has 0 saturated heterocycles. The van der Waals surface area contributed by atoms with Crippen molar-refractivity contribution >= 4 is 22.5 Å². The van der Waals surface area contributed by atoms with Crippen molar-refractivity contribution in [1.29, 1.82) is 0 Å². The largest absolute Gasteiger partial charge is 0.545 e. The first-order valence-electron chi connectivity index (χ1n) is 6.51. The zero-order chi connectivity index (χ0) is 14.8. The maximum Gasteiger partial charge on any atom is 0.194 e. The molecule has 0 bridgehead atoms. The number of rotatable bonds is 3. The fraction of sp³-hybridized carbons (Fsp3) is 0. The first kappa shape index (κ1) is 13.1. The van der Waals surface area contributed by atoms with Gasteiger partial charge in [-0.15, -0.1) is 0 Å². The number of carbonyl (C=O) groups excluding carboxylic acids is 2. The fourth-order valence-corrected chi connectivity index (χ4v) is 2.43. The highest BCUT2D eigenvalue weighted by Gasteiger charge is 2.15. The third kappa shape index (κ3) is 2.30. The molecule has 3 aromatic rings. The van der Waals surface area contributed by atoms with Crippen LogP contribution < -0.4 is 5.11 Å². The lowest BCUT2D eigenvalue weighted by Crippen LogP contribution is -2.25. The molecule has 102 valence electrons. The summed E-state index contributed by atoms with van der Waals surface area (Å²) in [6, 6.07) is 19.0. The van der Waals surface area contributed by atoms with Crippen molar-refractivity contribution in [2.45, 2.75) is 0 Å². The molecule has 3 nitrogen and oxygen atoms in total. The molecule has 3 rings (SSSR count). The summed E-state index contributed by atoms with van der Waals surface area (Å²) in [7, 11) is 0. The number of hydrogen-bond acceptors (Lipinski definition) is 3. The minimum absolute atomic E-state index is 0.0876. The van der Waals surface area contributed by atoms with Gasteiger partial charge in [-0.25, -0.2) is 0 Å². The second-order valence-corrected chi connectivity index (χ2v) is 4.69. The van der Waals surface area contributed by atoms with Gasteiger partial charge in [-0.2, -0.15) is 0 Å². The number of fused-ring (bicyclic) bond motifs is 1. The Labute approximate surface area is 121 Å². The molecular weight excluding hydrogens is 264 g/mol. The van der Waals surface area contributed by atoms with Gasteiger partial charge in [0.25, 0.3) is 0 Å². The van der Waals surface area contributed by atoms with Crippen LogP contribution in [0, 0.1) is 0 Å². The summed E-state index contributed by atoms with van der Waals surface area (Å²) in [5.41, 5.74) is 0.547. The van der Waals surface area contributed by atoms with E-state index in [0.717, 1.165) is 10.8 Å². The summed E-state index contributed by atoms with van der Waals surface area (Å²) in [6.45, 7) is 0. The van der Waals surface area contributed by atoms with Crippen molar-refractivity contribution in [3.8, 4) is 0 Å². The zero-order valence-corrected chi connectivity index (χ0v) is 11.1. The van der Waals surface area contributed by atoms with E-state index < -0.39 is 5.97 Å². The molecule has 0 aliphatic rings. The second kappa shape index (κ2) is 5.21. The number of benzene rings is 3. The maximum atomic E-state index is 12.7. The van der Waals surface area contributed by atoms with Gasteiger partial charge in [-0.3, -0.25) is 4.79 Å². The Morgan fingerprint density at radius 1 is 0.667 bits per heavy atom. The van der Waals surface area contributed by atoms with Crippen molar-refractivity contribution in [2.24, 2.45) is 0 Å². The smallest absolute Gasteiger partial charge is 0.194 e. The SMILES string of the molecule is O=C([O-])c1ccccc1C(=O)c1cccc2ccccc12. The standard InChI is InChI=1S/C18H12O3/c19-17(15-9-3-4-10-16(15)18(20)21)14-11-5-7-12-6-1-2-8-13(12)14/h1-11H,(H,20,21)/p-1. The number of ketones is 1. The van der Waals surface area contributed by atoms with Crippen LogP contribution in [0.3, 0.4) is 0 Å². The van der Waals surface area contributed by atoms with E-state index in [9.17, 15) is 14.7 Å². The van der Waals surface area contributed by atoms with Crippen LogP contribution in [0.2, 0.25) is 0 Å². The minimum atomic E-state index is -1.35. The van der Waals surface area contributed by atoms with Crippen LogP contribution in [0.25, 0.3) is 10.8 Å². The Kier molecular flexibility index (Phi) is 3.24. The molecule has 0 fully saturated rings. The van der Waals surface area contributed by atoms with Gasteiger partial charge < -0.3 is 9.90 Å². The monoisotopic (exact) mass is 275 g/mol. The third-order valence-corrected chi connectivity index (χ3v) is 3.43. The van der Waals surface area contributed by atoms with Crippen LogP contribution >= 0.6 is 0 Å². The van der Waals surface area contributed by atoms with E-state index in [1.54, 1.807) is 24.3 Å². The predicted molar refractivity (Wildman–Crippen MR) is 78.2 cm³/mol. The van der Waals surface area contributed by atoms with Gasteiger partial charge in [0.2, 0.25) is 0 Å². The summed E-state index contributed by atoms with van der Waals surface area (Å²) in [6.07, 6.45) is 0. The van der Waals surface area contributed by atoms with Crippen LogP contribution in [0.4, 0.5) is 0 Å². The van der Waals surface area contributed by atoms with Gasteiger partial charge in [0, 0.05) is 16.7 Å². The Balaban J connectivity index is 2.20. The zero-order valence-electron chi connectivity index (χ0n) is 11.1. The average Bonchev–Trinajstić information content (AvgIpc) is 2.53. The highest BCUT2D eigenvalue weighted by atomic mass is 16.4. The summed E-state index contributed by atoms with van der Waals surface area (Å²) >= 11 is 0. The number of carbonyl (C=O) groups is 2. The highest BCUT2D eigenvalue weighted by molar-refractivity contribution is 6.19. The van der Waals surface area contributed by atoms with Gasteiger partial charge in [-0.05, 0) is 10.8 Å². The highest BCUT2D eigenvalue weighted by Crippen LogP contribution is 2.22. The summed E-state index contributed by atoms with van der Waals surface area (Å²) in [4.78, 5) is 23.9. The van der Waals surface area contributed by atoms with Gasteiger partial charge in [0.1, 0.15) is 0 Å². The topological polar surface area (TPSA) is 57.2 Å². The van der Waals surface area contributed by atoms with Crippen molar-refractivity contribution < 1.29 is 14.7 Å². The lowest BCUT2D eigenvalue weighted by Gasteiger charge is -2.11. The molecule has 0 N–H and O–H groups in total. The molecule has 0 saturated carbocycles. The fourth-order valence-electron chi connectivity index (χ4n) is 2.43. The summed E-state index contributed by atoms with van der Waals surface area (Å²) < 4.78 is 0. The third-order valence-electron chi connectivity index (χ3n) is 3.43. The minimum Gasteiger partial charge on any atom is -0.545 e. The molecule has 0 aromatic heterocycles. The van der Waals surface area contributed by atoms with E-state index in [1.807, 2.05) is 30.3 Å². The first-order chi connectivity index (χ1) is 10.2. The molecule has 0 atom stereocenters. The number of carboxylic acid groups (broad SMARTS) is 1. The van der Waals surface area contributed by atoms with Crippen LogP contribution in [-0.2, 0) is 0 Å². The van der Waals surface area contributed by atoms with E-state index in [4.69, 9.17) is 0 Å². The quantitative estimate of drug-likeness (QED) is 0.690. The molecule has 21 heavy (non-hydrogen) atoms. The lowest BCUT2D eigenvalue weighted by atomic mass is 9.94. The molecule has 0 aliphatic carbocycles. The Hall–Kier alpha value is -2.94. The van der Waals surface area contributed by atoms with Gasteiger partial charge >= 0.3 is 0 Å². The lowest BCUT2D eigenvalue weighted by molar-refractivity contribution is -0.255. The number of hydrogen-bond donors (Lipinski definition) is 0. The van der Waals surface area contributed by atoms with Crippen LogP contribution in [0.15, 0.2) is 66.7 Å². The van der Waals surface area contributed by atoms with Crippen LogP contribution in [0.5, 0.6) is 0 Å². The molecule has 0 radical (unpaired) electrons. The molecule has 0 aliphatic heterocycles. The van der Waals surface area contributed by atoms with E-state index in [0.29, 0.717) is 5.56 Å². The first-order valence-corrected chi connectivity index (χ1v) is 6.51. The molecule has 3 aromatic carbocycles. The Bertz CT molecular complexity index is 844. The van der Waals surface area contributed by atoms with Crippen LogP contribution in [0.1, 0.15) is 26.3 Å². The van der Waals surface area contributed by atoms with Gasteiger partial charge in [0.15, 0.2) is 5.78 Å². The van der Waals surface area contributed by atoms with Gasteiger partial charge in [-0.1, -0.05) is 66.7 Å². The molecule has 0 amide bonds. The Morgan fingerprint density at radius 3 is 2.00 bits per heavy atom. The number of carboxylic acids is 1. The molecular formula is C18H11O3-. The van der Waals surface area contributed by atoms with Gasteiger partial charge in [0.05, 0.1) is 5.97 Å². The van der Waals surface area contributed by atoms with Crippen molar-refractivity contribution in [3.63, 3.8) is 0 Å². The molecule has 3 heteroatoms. The predicted octanol–water partition coefficient (Wildman–Crippen LogP) is 2.43. The van der Waals surface area contributed by atoms with Crippen molar-refractivity contribution in [3.05, 3.63) is 83.4 Å². The van der Waals surface area contributed by atoms with E-state index in [1.165, 1.54) is 12.1 Å². The average molecular weight is 275 g/mol. The normalized spacial score (nSPS) is 10.5. The van der Waals surface area contributed by atoms with E-state index >= 15 is 0 Å². The second-order valence-electron chi connectivity index (χ2n) is 4.69. The molecule has 0 spiro atoms. The van der Waals surface area contributed by atoms with Crippen molar-refractivity contribution in [2.75, 3.05) is 0 Å². The molecule has 0 heterocycles. The van der Waals surface area contributed by atoms with E-state index in [2.05, 4.69) is 0 Å². The van der Waals surface area contributed by atoms with Crippen molar-refractivity contribution in [1.82, 2.24) is 0 Å². The molecule has 0 unspecified atom stereocenters. The summed E-state index contributed by atoms with van der Waals surface area (Å²) in [5.74, 6) is -1.66. The van der Waals surface area contributed by atoms with Crippen LogP contribution in [-0.4, -0.2) is 11.8 Å². The van der Waals surface area contributed by atoms with E-state index in [-0.39, 0.29) is 16.9 Å². The summed E-state index contributed by atoms with van der Waals surface area (Å²) in [5, 5.41) is 12.9. The maximum absolute atomic E-state index is 12.7. The Morgan fingerprint density at radius 2 is 1.24 bits per heavy atom. The number of aromatic carboxylic acids is 1.